The predicted molar refractivity (Wildman–Crippen MR) is 40.9 cm³/mol. The van der Waals surface area contributed by atoms with E-state index in [9.17, 15) is 0 Å². The van der Waals surface area contributed by atoms with Gasteiger partial charge in [0.1, 0.15) is 6.23 Å². The van der Waals surface area contributed by atoms with E-state index in [1.54, 1.807) is 0 Å². The Morgan fingerprint density at radius 3 is 3.20 bits per heavy atom. The summed E-state index contributed by atoms with van der Waals surface area (Å²) in [5.74, 6) is 0. The molecule has 0 spiro atoms. The molecule has 1 aliphatic heterocycles. The first-order valence-corrected chi connectivity index (χ1v) is 3.99. The van der Waals surface area contributed by atoms with Gasteiger partial charge in [-0.2, -0.15) is 0 Å². The first kappa shape index (κ1) is 7.98. The Hall–Kier alpha value is -0.120. The Labute approximate surface area is 62.1 Å². The standard InChI is InChI=1S/C7H16N2O/c1-2-3-9-7-6-8-4-5-10-7/h7-9H,2-6H2,1H3. The molecular formula is C7H16N2O. The van der Waals surface area contributed by atoms with Crippen LogP contribution in [0.3, 0.4) is 0 Å². The average molecular weight is 144 g/mol. The molecule has 1 saturated heterocycles. The molecule has 0 bridgehead atoms. The first-order valence-electron chi connectivity index (χ1n) is 3.99. The van der Waals surface area contributed by atoms with Gasteiger partial charge in [-0.1, -0.05) is 6.92 Å². The van der Waals surface area contributed by atoms with Crippen LogP contribution < -0.4 is 10.6 Å². The second kappa shape index (κ2) is 4.66. The first-order chi connectivity index (χ1) is 4.93. The zero-order valence-corrected chi connectivity index (χ0v) is 6.52. The minimum Gasteiger partial charge on any atom is -0.361 e. The molecule has 1 atom stereocenters. The molecule has 0 radical (unpaired) electrons. The van der Waals surface area contributed by atoms with E-state index in [1.807, 2.05) is 0 Å². The summed E-state index contributed by atoms with van der Waals surface area (Å²) in [6, 6.07) is 0. The number of rotatable bonds is 3. The normalized spacial score (nSPS) is 26.7. The molecule has 1 aliphatic rings. The van der Waals surface area contributed by atoms with Gasteiger partial charge < -0.3 is 10.1 Å². The molecule has 3 heteroatoms. The highest BCUT2D eigenvalue weighted by Crippen LogP contribution is 1.90. The van der Waals surface area contributed by atoms with Crippen molar-refractivity contribution in [2.24, 2.45) is 0 Å². The van der Waals surface area contributed by atoms with E-state index in [4.69, 9.17) is 4.74 Å². The van der Waals surface area contributed by atoms with Crippen LogP contribution in [-0.2, 0) is 4.74 Å². The van der Waals surface area contributed by atoms with Gasteiger partial charge >= 0.3 is 0 Å². The summed E-state index contributed by atoms with van der Waals surface area (Å²) in [6.45, 7) is 5.97. The number of hydrogen-bond donors (Lipinski definition) is 2. The summed E-state index contributed by atoms with van der Waals surface area (Å²) in [6.07, 6.45) is 1.41. The third-order valence-corrected chi connectivity index (χ3v) is 1.55. The minimum absolute atomic E-state index is 0.244. The molecule has 1 heterocycles. The molecule has 0 amide bonds. The summed E-state index contributed by atoms with van der Waals surface area (Å²) < 4.78 is 5.41. The zero-order valence-electron chi connectivity index (χ0n) is 6.52. The van der Waals surface area contributed by atoms with Crippen molar-refractivity contribution in [2.75, 3.05) is 26.2 Å². The molecule has 1 fully saturated rings. The summed E-state index contributed by atoms with van der Waals surface area (Å²) in [5, 5.41) is 6.54. The zero-order chi connectivity index (χ0) is 7.23. The van der Waals surface area contributed by atoms with Crippen molar-refractivity contribution in [3.8, 4) is 0 Å². The van der Waals surface area contributed by atoms with Gasteiger partial charge in [-0.05, 0) is 13.0 Å². The number of nitrogens with one attached hydrogen (secondary N) is 2. The molecule has 1 unspecified atom stereocenters. The summed E-state index contributed by atoms with van der Waals surface area (Å²) in [5.41, 5.74) is 0. The van der Waals surface area contributed by atoms with E-state index >= 15 is 0 Å². The van der Waals surface area contributed by atoms with Gasteiger partial charge in [0.05, 0.1) is 6.61 Å². The lowest BCUT2D eigenvalue weighted by Crippen LogP contribution is -2.46. The highest BCUT2D eigenvalue weighted by Gasteiger charge is 2.10. The van der Waals surface area contributed by atoms with Gasteiger partial charge in [0.25, 0.3) is 0 Å². The molecule has 10 heavy (non-hydrogen) atoms. The number of morpholine rings is 1. The fraction of sp³-hybridized carbons (Fsp3) is 1.00. The van der Waals surface area contributed by atoms with Crippen molar-refractivity contribution in [1.29, 1.82) is 0 Å². The van der Waals surface area contributed by atoms with E-state index in [0.717, 1.165) is 26.2 Å². The van der Waals surface area contributed by atoms with Crippen LogP contribution in [0.5, 0.6) is 0 Å². The second-order valence-corrected chi connectivity index (χ2v) is 2.52. The number of ether oxygens (including phenoxy) is 1. The molecule has 2 N–H and O–H groups in total. The highest BCUT2D eigenvalue weighted by atomic mass is 16.5. The topological polar surface area (TPSA) is 33.3 Å². The average Bonchev–Trinajstić information content (AvgIpc) is 2.03. The van der Waals surface area contributed by atoms with E-state index < -0.39 is 0 Å². The molecule has 60 valence electrons. The maximum atomic E-state index is 5.41. The van der Waals surface area contributed by atoms with Gasteiger partial charge in [0.15, 0.2) is 0 Å². The van der Waals surface area contributed by atoms with Crippen molar-refractivity contribution >= 4 is 0 Å². The fourth-order valence-electron chi connectivity index (χ4n) is 1.00. The maximum Gasteiger partial charge on any atom is 0.120 e. The smallest absolute Gasteiger partial charge is 0.120 e. The minimum atomic E-state index is 0.244. The Morgan fingerprint density at radius 2 is 2.60 bits per heavy atom. The SMILES string of the molecule is CCCNC1CNCCO1. The van der Waals surface area contributed by atoms with Gasteiger partial charge in [-0.15, -0.1) is 0 Å². The fourth-order valence-corrected chi connectivity index (χ4v) is 1.00. The van der Waals surface area contributed by atoms with E-state index in [-0.39, 0.29) is 6.23 Å². The van der Waals surface area contributed by atoms with Crippen LogP contribution in [0.1, 0.15) is 13.3 Å². The molecular weight excluding hydrogens is 128 g/mol. The van der Waals surface area contributed by atoms with Crippen LogP contribution in [0.2, 0.25) is 0 Å². The quantitative estimate of drug-likeness (QED) is 0.582. The van der Waals surface area contributed by atoms with E-state index in [1.165, 1.54) is 6.42 Å². The third-order valence-electron chi connectivity index (χ3n) is 1.55. The lowest BCUT2D eigenvalue weighted by Gasteiger charge is -2.24. The molecule has 0 aliphatic carbocycles. The number of hydrogen-bond acceptors (Lipinski definition) is 3. The summed E-state index contributed by atoms with van der Waals surface area (Å²) >= 11 is 0. The van der Waals surface area contributed by atoms with Crippen molar-refractivity contribution in [3.63, 3.8) is 0 Å². The maximum absolute atomic E-state index is 5.41. The summed E-state index contributed by atoms with van der Waals surface area (Å²) in [7, 11) is 0. The lowest BCUT2D eigenvalue weighted by atomic mass is 10.4. The molecule has 0 aromatic carbocycles. The molecule has 0 aromatic rings. The Bertz CT molecular complexity index is 81.7. The van der Waals surface area contributed by atoms with Crippen molar-refractivity contribution in [2.45, 2.75) is 19.6 Å². The van der Waals surface area contributed by atoms with Crippen LogP contribution in [0.25, 0.3) is 0 Å². The van der Waals surface area contributed by atoms with Crippen LogP contribution >= 0.6 is 0 Å². The van der Waals surface area contributed by atoms with Crippen molar-refractivity contribution in [1.82, 2.24) is 10.6 Å². The van der Waals surface area contributed by atoms with Crippen molar-refractivity contribution < 1.29 is 4.74 Å². The van der Waals surface area contributed by atoms with Gasteiger partial charge in [0, 0.05) is 13.1 Å². The van der Waals surface area contributed by atoms with Gasteiger partial charge in [-0.3, -0.25) is 5.32 Å². The Morgan fingerprint density at radius 1 is 1.70 bits per heavy atom. The van der Waals surface area contributed by atoms with Gasteiger partial charge in [-0.25, -0.2) is 0 Å². The van der Waals surface area contributed by atoms with Crippen molar-refractivity contribution in [3.05, 3.63) is 0 Å². The largest absolute Gasteiger partial charge is 0.361 e. The monoisotopic (exact) mass is 144 g/mol. The summed E-state index contributed by atoms with van der Waals surface area (Å²) in [4.78, 5) is 0. The predicted octanol–water partition coefficient (Wildman–Crippen LogP) is -0.0681. The molecule has 0 saturated carbocycles. The second-order valence-electron chi connectivity index (χ2n) is 2.52. The Balaban J connectivity index is 2.02. The third kappa shape index (κ3) is 2.64. The van der Waals surface area contributed by atoms with Gasteiger partial charge in [0.2, 0.25) is 0 Å². The Kier molecular flexibility index (Phi) is 3.72. The molecule has 0 aromatic heterocycles. The molecule has 1 rings (SSSR count). The molecule has 3 nitrogen and oxygen atoms in total. The van der Waals surface area contributed by atoms with Crippen LogP contribution in [-0.4, -0.2) is 32.5 Å². The van der Waals surface area contributed by atoms with Crippen LogP contribution in [0.4, 0.5) is 0 Å². The van der Waals surface area contributed by atoms with Crippen LogP contribution in [0, 0.1) is 0 Å². The van der Waals surface area contributed by atoms with E-state index in [2.05, 4.69) is 17.6 Å². The van der Waals surface area contributed by atoms with Crippen LogP contribution in [0.15, 0.2) is 0 Å². The lowest BCUT2D eigenvalue weighted by molar-refractivity contribution is 0.00732. The highest BCUT2D eigenvalue weighted by molar-refractivity contribution is 4.63. The van der Waals surface area contributed by atoms with E-state index in [0.29, 0.717) is 0 Å².